The lowest BCUT2D eigenvalue weighted by atomic mass is 10.2. The van der Waals surface area contributed by atoms with E-state index in [4.69, 9.17) is 4.89 Å². The van der Waals surface area contributed by atoms with E-state index in [1.807, 2.05) is 30.3 Å². The molecule has 66 valence electrons. The average molecular weight is 175 g/mol. The second kappa shape index (κ2) is 3.41. The molecule has 2 rings (SSSR count). The van der Waals surface area contributed by atoms with Crippen LogP contribution in [0.4, 0.5) is 0 Å². The van der Waals surface area contributed by atoms with Gasteiger partial charge >= 0.3 is 0 Å². The van der Waals surface area contributed by atoms with Crippen LogP contribution in [0.5, 0.6) is 5.75 Å². The lowest BCUT2D eigenvalue weighted by Gasteiger charge is -2.01. The van der Waals surface area contributed by atoms with Crippen molar-refractivity contribution in [1.82, 2.24) is 4.98 Å². The van der Waals surface area contributed by atoms with Gasteiger partial charge in [0.15, 0.2) is 5.75 Å². The SMILES string of the molecule is COOc1ccc2cccnc2c1. The van der Waals surface area contributed by atoms with E-state index in [2.05, 4.69) is 9.87 Å². The lowest BCUT2D eigenvalue weighted by Crippen LogP contribution is -1.90. The Morgan fingerprint density at radius 2 is 2.15 bits per heavy atom. The molecule has 1 aromatic carbocycles. The molecule has 2 aromatic rings. The Morgan fingerprint density at radius 1 is 1.23 bits per heavy atom. The fourth-order valence-corrected chi connectivity index (χ4v) is 1.19. The third-order valence-electron chi connectivity index (χ3n) is 1.76. The van der Waals surface area contributed by atoms with Crippen molar-refractivity contribution in [2.45, 2.75) is 0 Å². The number of fused-ring (bicyclic) bond motifs is 1. The Hall–Kier alpha value is -1.61. The van der Waals surface area contributed by atoms with Gasteiger partial charge < -0.3 is 4.89 Å². The number of nitrogens with zero attached hydrogens (tertiary/aromatic N) is 1. The average Bonchev–Trinajstić information content (AvgIpc) is 2.18. The van der Waals surface area contributed by atoms with Gasteiger partial charge in [-0.1, -0.05) is 6.07 Å². The zero-order valence-electron chi connectivity index (χ0n) is 7.23. The largest absolute Gasteiger partial charge is 0.338 e. The van der Waals surface area contributed by atoms with Crippen LogP contribution in [-0.2, 0) is 4.89 Å². The molecule has 0 saturated heterocycles. The molecule has 0 saturated carbocycles. The fraction of sp³-hybridized carbons (Fsp3) is 0.100. The summed E-state index contributed by atoms with van der Waals surface area (Å²) in [6.07, 6.45) is 1.75. The van der Waals surface area contributed by atoms with Crippen LogP contribution in [0.3, 0.4) is 0 Å². The number of hydrogen-bond acceptors (Lipinski definition) is 3. The molecule has 0 spiro atoms. The molecular formula is C10H9NO2. The predicted octanol–water partition coefficient (Wildman–Crippen LogP) is 2.17. The summed E-state index contributed by atoms with van der Waals surface area (Å²) in [6.45, 7) is 0. The molecule has 0 unspecified atom stereocenters. The molecule has 0 bridgehead atoms. The molecule has 0 atom stereocenters. The van der Waals surface area contributed by atoms with Crippen molar-refractivity contribution in [3.63, 3.8) is 0 Å². The molecule has 3 heteroatoms. The van der Waals surface area contributed by atoms with Crippen LogP contribution in [0, 0.1) is 0 Å². The Kier molecular flexibility index (Phi) is 2.10. The summed E-state index contributed by atoms with van der Waals surface area (Å²) in [5.41, 5.74) is 0.900. The molecular weight excluding hydrogens is 166 g/mol. The lowest BCUT2D eigenvalue weighted by molar-refractivity contribution is -0.178. The van der Waals surface area contributed by atoms with Gasteiger partial charge in [0.25, 0.3) is 0 Å². The van der Waals surface area contributed by atoms with Crippen molar-refractivity contribution < 1.29 is 9.78 Å². The van der Waals surface area contributed by atoms with Crippen molar-refractivity contribution >= 4 is 10.9 Å². The molecule has 13 heavy (non-hydrogen) atoms. The van der Waals surface area contributed by atoms with Gasteiger partial charge in [-0.2, -0.15) is 4.89 Å². The van der Waals surface area contributed by atoms with Crippen LogP contribution >= 0.6 is 0 Å². The summed E-state index contributed by atoms with van der Waals surface area (Å²) >= 11 is 0. The monoisotopic (exact) mass is 175 g/mol. The molecule has 0 aliphatic carbocycles. The van der Waals surface area contributed by atoms with Gasteiger partial charge in [0.05, 0.1) is 12.6 Å². The summed E-state index contributed by atoms with van der Waals surface area (Å²) in [4.78, 5) is 13.6. The number of rotatable bonds is 2. The topological polar surface area (TPSA) is 31.4 Å². The molecule has 3 nitrogen and oxygen atoms in total. The molecule has 0 aliphatic rings. The van der Waals surface area contributed by atoms with Crippen LogP contribution in [0.25, 0.3) is 10.9 Å². The number of benzene rings is 1. The summed E-state index contributed by atoms with van der Waals surface area (Å²) in [6, 6.07) is 9.52. The standard InChI is InChI=1S/C10H9NO2/c1-12-13-9-5-4-8-3-2-6-11-10(8)7-9/h2-7H,1H3. The maximum absolute atomic E-state index is 4.87. The minimum absolute atomic E-state index is 0.661. The van der Waals surface area contributed by atoms with Crippen LogP contribution in [-0.4, -0.2) is 12.1 Å². The van der Waals surface area contributed by atoms with Crippen molar-refractivity contribution in [1.29, 1.82) is 0 Å². The molecule has 0 amide bonds. The highest BCUT2D eigenvalue weighted by Gasteiger charge is 1.96. The Labute approximate surface area is 75.9 Å². The highest BCUT2D eigenvalue weighted by Crippen LogP contribution is 2.18. The molecule has 0 radical (unpaired) electrons. The number of aromatic nitrogens is 1. The van der Waals surface area contributed by atoms with Crippen LogP contribution in [0.15, 0.2) is 36.5 Å². The van der Waals surface area contributed by atoms with Crippen molar-refractivity contribution in [2.75, 3.05) is 7.11 Å². The minimum atomic E-state index is 0.661. The quantitative estimate of drug-likeness (QED) is 0.517. The van der Waals surface area contributed by atoms with Gasteiger partial charge in [-0.05, 0) is 18.2 Å². The maximum atomic E-state index is 4.87. The van der Waals surface area contributed by atoms with Crippen molar-refractivity contribution in [3.8, 4) is 5.75 Å². The van der Waals surface area contributed by atoms with Crippen molar-refractivity contribution in [3.05, 3.63) is 36.5 Å². The summed E-state index contributed by atoms with van der Waals surface area (Å²) < 4.78 is 0. The van der Waals surface area contributed by atoms with Crippen LogP contribution < -0.4 is 4.89 Å². The first-order valence-corrected chi connectivity index (χ1v) is 3.95. The first-order chi connectivity index (χ1) is 6.40. The van der Waals surface area contributed by atoms with Gasteiger partial charge in [-0.3, -0.25) is 4.98 Å². The first kappa shape index (κ1) is 8.01. The van der Waals surface area contributed by atoms with Gasteiger partial charge in [0, 0.05) is 17.6 Å². The van der Waals surface area contributed by atoms with E-state index in [9.17, 15) is 0 Å². The molecule has 0 fully saturated rings. The zero-order valence-corrected chi connectivity index (χ0v) is 7.23. The molecule has 1 aromatic heterocycles. The molecule has 0 aliphatic heterocycles. The normalized spacial score (nSPS) is 10.2. The number of hydrogen-bond donors (Lipinski definition) is 0. The fourth-order valence-electron chi connectivity index (χ4n) is 1.19. The summed E-state index contributed by atoms with van der Waals surface area (Å²) in [5.74, 6) is 0.661. The third-order valence-corrected chi connectivity index (χ3v) is 1.76. The second-order valence-electron chi connectivity index (χ2n) is 2.61. The van der Waals surface area contributed by atoms with Gasteiger partial charge in [0.1, 0.15) is 0 Å². The highest BCUT2D eigenvalue weighted by atomic mass is 17.2. The predicted molar refractivity (Wildman–Crippen MR) is 49.4 cm³/mol. The van der Waals surface area contributed by atoms with Gasteiger partial charge in [-0.25, -0.2) is 0 Å². The van der Waals surface area contributed by atoms with Crippen molar-refractivity contribution in [2.24, 2.45) is 0 Å². The Morgan fingerprint density at radius 3 is 3.00 bits per heavy atom. The van der Waals surface area contributed by atoms with E-state index in [0.29, 0.717) is 5.75 Å². The first-order valence-electron chi connectivity index (χ1n) is 3.95. The second-order valence-corrected chi connectivity index (χ2v) is 2.61. The smallest absolute Gasteiger partial charge is 0.167 e. The Bertz CT molecular complexity index is 414. The molecule has 0 N–H and O–H groups in total. The van der Waals surface area contributed by atoms with E-state index in [0.717, 1.165) is 10.9 Å². The summed E-state index contributed by atoms with van der Waals surface area (Å²) in [7, 11) is 1.47. The third kappa shape index (κ3) is 1.60. The van der Waals surface area contributed by atoms with E-state index < -0.39 is 0 Å². The van der Waals surface area contributed by atoms with E-state index in [1.54, 1.807) is 6.20 Å². The summed E-state index contributed by atoms with van der Waals surface area (Å²) in [5, 5.41) is 1.09. The number of pyridine rings is 1. The van der Waals surface area contributed by atoms with E-state index >= 15 is 0 Å². The molecule has 1 heterocycles. The highest BCUT2D eigenvalue weighted by molar-refractivity contribution is 5.79. The van der Waals surface area contributed by atoms with Gasteiger partial charge in [0.2, 0.25) is 0 Å². The Balaban J connectivity index is 2.49. The van der Waals surface area contributed by atoms with Crippen LogP contribution in [0.1, 0.15) is 0 Å². The maximum Gasteiger partial charge on any atom is 0.167 e. The zero-order chi connectivity index (χ0) is 9.10. The van der Waals surface area contributed by atoms with Crippen LogP contribution in [0.2, 0.25) is 0 Å². The minimum Gasteiger partial charge on any atom is -0.338 e. The van der Waals surface area contributed by atoms with E-state index in [-0.39, 0.29) is 0 Å². The van der Waals surface area contributed by atoms with Gasteiger partial charge in [-0.15, -0.1) is 0 Å². The van der Waals surface area contributed by atoms with E-state index in [1.165, 1.54) is 7.11 Å².